The Kier molecular flexibility index (Phi) is 2.87. The van der Waals surface area contributed by atoms with Gasteiger partial charge in [-0.2, -0.15) is 0 Å². The van der Waals surface area contributed by atoms with Gasteiger partial charge in [0.1, 0.15) is 5.78 Å². The zero-order valence-corrected chi connectivity index (χ0v) is 6.43. The Hall–Kier alpha value is -0.370. The Morgan fingerprint density at radius 3 is 3.00 bits per heavy atom. The van der Waals surface area contributed by atoms with Gasteiger partial charge < -0.3 is 4.74 Å². The van der Waals surface area contributed by atoms with E-state index in [1.54, 1.807) is 0 Å². The molecular weight excluding hydrogens is 128 g/mol. The summed E-state index contributed by atoms with van der Waals surface area (Å²) in [5.41, 5.74) is 0. The van der Waals surface area contributed by atoms with Crippen LogP contribution in [-0.2, 0) is 9.53 Å². The lowest BCUT2D eigenvalue weighted by Gasteiger charge is -2.05. The van der Waals surface area contributed by atoms with Gasteiger partial charge in [-0.1, -0.05) is 0 Å². The summed E-state index contributed by atoms with van der Waals surface area (Å²) in [7, 11) is 0. The van der Waals surface area contributed by atoms with Crippen LogP contribution in [0.25, 0.3) is 0 Å². The first-order valence-corrected chi connectivity index (χ1v) is 3.92. The lowest BCUT2D eigenvalue weighted by Crippen LogP contribution is -2.05. The van der Waals surface area contributed by atoms with E-state index in [1.807, 2.05) is 6.92 Å². The molecule has 1 aliphatic rings. The summed E-state index contributed by atoms with van der Waals surface area (Å²) < 4.78 is 5.21. The highest BCUT2D eigenvalue weighted by molar-refractivity contribution is 5.80. The Labute approximate surface area is 61.6 Å². The van der Waals surface area contributed by atoms with Gasteiger partial charge in [-0.25, -0.2) is 0 Å². The molecule has 0 N–H and O–H groups in total. The Morgan fingerprint density at radius 1 is 1.70 bits per heavy atom. The molecule has 1 unspecified atom stereocenters. The van der Waals surface area contributed by atoms with Crippen molar-refractivity contribution in [2.45, 2.75) is 26.2 Å². The van der Waals surface area contributed by atoms with Crippen LogP contribution in [0.3, 0.4) is 0 Å². The fourth-order valence-corrected chi connectivity index (χ4v) is 1.32. The van der Waals surface area contributed by atoms with Gasteiger partial charge >= 0.3 is 0 Å². The first-order valence-electron chi connectivity index (χ1n) is 3.92. The summed E-state index contributed by atoms with van der Waals surface area (Å²) in [5, 5.41) is 0. The average molecular weight is 142 g/mol. The summed E-state index contributed by atoms with van der Waals surface area (Å²) in [6, 6.07) is 0. The van der Waals surface area contributed by atoms with E-state index in [0.717, 1.165) is 32.5 Å². The second kappa shape index (κ2) is 3.71. The minimum atomic E-state index is 0.407. The molecule has 0 saturated heterocycles. The quantitative estimate of drug-likeness (QED) is 0.595. The predicted molar refractivity (Wildman–Crippen MR) is 38.8 cm³/mol. The van der Waals surface area contributed by atoms with Crippen LogP contribution >= 0.6 is 0 Å². The molecule has 0 bridgehead atoms. The fraction of sp³-hybridized carbons (Fsp3) is 0.875. The maximum Gasteiger partial charge on any atom is 0.133 e. The molecule has 2 heteroatoms. The van der Waals surface area contributed by atoms with Gasteiger partial charge in [-0.3, -0.25) is 4.79 Å². The highest BCUT2D eigenvalue weighted by Crippen LogP contribution is 2.21. The fourth-order valence-electron chi connectivity index (χ4n) is 1.32. The highest BCUT2D eigenvalue weighted by Gasteiger charge is 2.21. The highest BCUT2D eigenvalue weighted by atomic mass is 16.5. The molecular formula is C8H14O2. The van der Waals surface area contributed by atoms with Gasteiger partial charge in [0.25, 0.3) is 0 Å². The van der Waals surface area contributed by atoms with Crippen LogP contribution in [0.1, 0.15) is 26.2 Å². The van der Waals surface area contributed by atoms with Crippen molar-refractivity contribution in [3.05, 3.63) is 0 Å². The molecule has 1 saturated carbocycles. The molecule has 1 aliphatic carbocycles. The molecule has 0 radical (unpaired) electrons. The monoisotopic (exact) mass is 142 g/mol. The summed E-state index contributed by atoms with van der Waals surface area (Å²) in [4.78, 5) is 10.8. The van der Waals surface area contributed by atoms with Crippen molar-refractivity contribution in [1.82, 2.24) is 0 Å². The lowest BCUT2D eigenvalue weighted by molar-refractivity contribution is -0.117. The molecule has 0 heterocycles. The predicted octanol–water partition coefficient (Wildman–Crippen LogP) is 1.39. The van der Waals surface area contributed by atoms with E-state index in [-0.39, 0.29) is 0 Å². The second-order valence-electron chi connectivity index (χ2n) is 2.81. The van der Waals surface area contributed by atoms with E-state index in [0.29, 0.717) is 11.7 Å². The summed E-state index contributed by atoms with van der Waals surface area (Å²) in [6.07, 6.45) is 2.57. The molecule has 0 aromatic rings. The van der Waals surface area contributed by atoms with Crippen LogP contribution in [0.5, 0.6) is 0 Å². The van der Waals surface area contributed by atoms with Crippen LogP contribution in [0, 0.1) is 5.92 Å². The summed E-state index contributed by atoms with van der Waals surface area (Å²) in [5.74, 6) is 0.928. The van der Waals surface area contributed by atoms with Crippen LogP contribution in [0.4, 0.5) is 0 Å². The van der Waals surface area contributed by atoms with Crippen molar-refractivity contribution in [3.63, 3.8) is 0 Å². The zero-order valence-electron chi connectivity index (χ0n) is 6.43. The number of Topliss-reactive ketones (excluding diaryl/α,β-unsaturated/α-hetero) is 1. The van der Waals surface area contributed by atoms with E-state index in [1.165, 1.54) is 0 Å². The summed E-state index contributed by atoms with van der Waals surface area (Å²) >= 11 is 0. The Bertz CT molecular complexity index is 120. The van der Waals surface area contributed by atoms with Gasteiger partial charge in [0.15, 0.2) is 0 Å². The maximum atomic E-state index is 10.8. The first kappa shape index (κ1) is 7.73. The van der Waals surface area contributed by atoms with E-state index >= 15 is 0 Å². The van der Waals surface area contributed by atoms with Crippen molar-refractivity contribution >= 4 is 5.78 Å². The van der Waals surface area contributed by atoms with E-state index in [9.17, 15) is 4.79 Å². The minimum Gasteiger partial charge on any atom is -0.381 e. The third-order valence-corrected chi connectivity index (χ3v) is 1.91. The van der Waals surface area contributed by atoms with Crippen molar-refractivity contribution < 1.29 is 9.53 Å². The van der Waals surface area contributed by atoms with Gasteiger partial charge in [0.05, 0.1) is 0 Å². The number of ether oxygens (including phenoxy) is 1. The van der Waals surface area contributed by atoms with Gasteiger partial charge in [0, 0.05) is 26.1 Å². The molecule has 0 amide bonds. The number of rotatable bonds is 3. The smallest absolute Gasteiger partial charge is 0.133 e. The topological polar surface area (TPSA) is 26.3 Å². The average Bonchev–Trinajstić information content (AvgIpc) is 2.31. The molecule has 0 aromatic heterocycles. The molecule has 1 atom stereocenters. The van der Waals surface area contributed by atoms with Crippen LogP contribution in [0.2, 0.25) is 0 Å². The second-order valence-corrected chi connectivity index (χ2v) is 2.81. The number of carbonyl (C=O) groups is 1. The van der Waals surface area contributed by atoms with Gasteiger partial charge in [-0.05, 0) is 19.3 Å². The number of carbonyl (C=O) groups excluding carboxylic acids is 1. The van der Waals surface area contributed by atoms with Crippen LogP contribution in [0.15, 0.2) is 0 Å². The van der Waals surface area contributed by atoms with Crippen molar-refractivity contribution in [2.75, 3.05) is 13.2 Å². The SMILES string of the molecule is CCOCC1CCC(=O)C1. The Balaban J connectivity index is 2.12. The maximum absolute atomic E-state index is 10.8. The van der Waals surface area contributed by atoms with E-state index in [4.69, 9.17) is 4.74 Å². The van der Waals surface area contributed by atoms with E-state index in [2.05, 4.69) is 0 Å². The largest absolute Gasteiger partial charge is 0.381 e. The van der Waals surface area contributed by atoms with Crippen LogP contribution < -0.4 is 0 Å². The van der Waals surface area contributed by atoms with Crippen molar-refractivity contribution in [3.8, 4) is 0 Å². The third-order valence-electron chi connectivity index (χ3n) is 1.91. The number of hydrogen-bond donors (Lipinski definition) is 0. The first-order chi connectivity index (χ1) is 4.83. The number of ketones is 1. The van der Waals surface area contributed by atoms with Crippen LogP contribution in [-0.4, -0.2) is 19.0 Å². The van der Waals surface area contributed by atoms with Crippen molar-refractivity contribution in [1.29, 1.82) is 0 Å². The lowest BCUT2D eigenvalue weighted by atomic mass is 10.1. The normalized spacial score (nSPS) is 25.7. The molecule has 10 heavy (non-hydrogen) atoms. The molecule has 0 aromatic carbocycles. The summed E-state index contributed by atoms with van der Waals surface area (Å²) in [6.45, 7) is 3.53. The third kappa shape index (κ3) is 2.10. The van der Waals surface area contributed by atoms with Gasteiger partial charge in [-0.15, -0.1) is 0 Å². The molecule has 2 nitrogen and oxygen atoms in total. The Morgan fingerprint density at radius 2 is 2.50 bits per heavy atom. The molecule has 1 fully saturated rings. The standard InChI is InChI=1S/C8H14O2/c1-2-10-6-7-3-4-8(9)5-7/h7H,2-6H2,1H3. The number of hydrogen-bond acceptors (Lipinski definition) is 2. The van der Waals surface area contributed by atoms with Gasteiger partial charge in [0.2, 0.25) is 0 Å². The molecule has 1 rings (SSSR count). The molecule has 0 spiro atoms. The van der Waals surface area contributed by atoms with E-state index < -0.39 is 0 Å². The van der Waals surface area contributed by atoms with Crippen molar-refractivity contribution in [2.24, 2.45) is 5.92 Å². The molecule has 0 aliphatic heterocycles. The zero-order chi connectivity index (χ0) is 7.40. The minimum absolute atomic E-state index is 0.407. The molecule has 58 valence electrons.